The van der Waals surface area contributed by atoms with Crippen molar-refractivity contribution < 1.29 is 14.7 Å². The SMILES string of the molecule is CN(CC(C)(C)O)C(=O)CCNC(=O)c1cccs1. The Morgan fingerprint density at radius 1 is 1.47 bits per heavy atom. The minimum absolute atomic E-state index is 0.103. The summed E-state index contributed by atoms with van der Waals surface area (Å²) in [6.45, 7) is 3.86. The Morgan fingerprint density at radius 3 is 2.68 bits per heavy atom. The number of carbonyl (C=O) groups excluding carboxylic acids is 2. The van der Waals surface area contributed by atoms with Gasteiger partial charge in [0, 0.05) is 26.6 Å². The van der Waals surface area contributed by atoms with Crippen LogP contribution in [0.15, 0.2) is 17.5 Å². The summed E-state index contributed by atoms with van der Waals surface area (Å²) in [6.07, 6.45) is 0.226. The Balaban J connectivity index is 2.29. The molecule has 0 bridgehead atoms. The molecule has 2 amide bonds. The van der Waals surface area contributed by atoms with Crippen LogP contribution < -0.4 is 5.32 Å². The van der Waals surface area contributed by atoms with Crippen molar-refractivity contribution in [1.29, 1.82) is 0 Å². The molecule has 6 heteroatoms. The topological polar surface area (TPSA) is 69.6 Å². The summed E-state index contributed by atoms with van der Waals surface area (Å²) in [5.41, 5.74) is -0.912. The van der Waals surface area contributed by atoms with E-state index >= 15 is 0 Å². The fraction of sp³-hybridized carbons (Fsp3) is 0.538. The number of amides is 2. The zero-order valence-electron chi connectivity index (χ0n) is 11.5. The van der Waals surface area contributed by atoms with Gasteiger partial charge in [0.2, 0.25) is 5.91 Å². The third-order valence-electron chi connectivity index (χ3n) is 2.42. The maximum Gasteiger partial charge on any atom is 0.261 e. The van der Waals surface area contributed by atoms with Crippen molar-refractivity contribution in [3.05, 3.63) is 22.4 Å². The van der Waals surface area contributed by atoms with Gasteiger partial charge in [0.1, 0.15) is 0 Å². The molecule has 1 aromatic rings. The molecule has 1 rings (SSSR count). The van der Waals surface area contributed by atoms with Gasteiger partial charge in [-0.2, -0.15) is 0 Å². The van der Waals surface area contributed by atoms with Gasteiger partial charge in [-0.15, -0.1) is 11.3 Å². The second-order valence-electron chi connectivity index (χ2n) is 5.05. The van der Waals surface area contributed by atoms with Crippen LogP contribution in [0.5, 0.6) is 0 Å². The highest BCUT2D eigenvalue weighted by atomic mass is 32.1. The normalized spacial score (nSPS) is 11.2. The lowest BCUT2D eigenvalue weighted by Gasteiger charge is -2.25. The maximum atomic E-state index is 11.8. The fourth-order valence-electron chi connectivity index (χ4n) is 1.64. The van der Waals surface area contributed by atoms with Gasteiger partial charge >= 0.3 is 0 Å². The molecule has 5 nitrogen and oxygen atoms in total. The lowest BCUT2D eigenvalue weighted by atomic mass is 10.1. The van der Waals surface area contributed by atoms with E-state index in [2.05, 4.69) is 5.32 Å². The van der Waals surface area contributed by atoms with Gasteiger partial charge in [-0.3, -0.25) is 9.59 Å². The monoisotopic (exact) mass is 284 g/mol. The van der Waals surface area contributed by atoms with Crippen LogP contribution in [-0.2, 0) is 4.79 Å². The first-order chi connectivity index (χ1) is 8.79. The number of nitrogens with one attached hydrogen (secondary N) is 1. The Morgan fingerprint density at radius 2 is 2.16 bits per heavy atom. The van der Waals surface area contributed by atoms with E-state index in [0.29, 0.717) is 11.4 Å². The molecule has 1 aromatic heterocycles. The van der Waals surface area contributed by atoms with Gasteiger partial charge in [0.25, 0.3) is 5.91 Å². The molecular weight excluding hydrogens is 264 g/mol. The second-order valence-corrected chi connectivity index (χ2v) is 5.99. The Bertz CT molecular complexity index is 424. The molecule has 19 heavy (non-hydrogen) atoms. The first kappa shape index (κ1) is 15.7. The summed E-state index contributed by atoms with van der Waals surface area (Å²) in [5, 5.41) is 14.1. The third kappa shape index (κ3) is 5.85. The van der Waals surface area contributed by atoms with Gasteiger partial charge < -0.3 is 15.3 Å². The van der Waals surface area contributed by atoms with Crippen LogP contribution >= 0.6 is 11.3 Å². The van der Waals surface area contributed by atoms with E-state index in [1.165, 1.54) is 16.2 Å². The zero-order valence-corrected chi connectivity index (χ0v) is 12.3. The molecule has 106 valence electrons. The Kier molecular flexibility index (Phi) is 5.50. The van der Waals surface area contributed by atoms with Crippen LogP contribution in [0.2, 0.25) is 0 Å². The van der Waals surface area contributed by atoms with Crippen LogP contribution in [-0.4, -0.2) is 47.6 Å². The Hall–Kier alpha value is -1.40. The summed E-state index contributed by atoms with van der Waals surface area (Å²) >= 11 is 1.36. The van der Waals surface area contributed by atoms with Crippen LogP contribution in [0.1, 0.15) is 29.9 Å². The standard InChI is InChI=1S/C13H20N2O3S/c1-13(2,18)9-15(3)11(16)6-7-14-12(17)10-5-4-8-19-10/h4-5,8,18H,6-7,9H2,1-3H3,(H,14,17). The number of carbonyl (C=O) groups is 2. The Labute approximate surface area is 117 Å². The van der Waals surface area contributed by atoms with E-state index in [1.54, 1.807) is 27.0 Å². The summed E-state index contributed by atoms with van der Waals surface area (Å²) < 4.78 is 0. The number of aliphatic hydroxyl groups is 1. The molecule has 2 N–H and O–H groups in total. The minimum atomic E-state index is -0.912. The average Bonchev–Trinajstić information content (AvgIpc) is 2.79. The highest BCUT2D eigenvalue weighted by Gasteiger charge is 2.19. The van der Waals surface area contributed by atoms with Gasteiger partial charge in [-0.25, -0.2) is 0 Å². The van der Waals surface area contributed by atoms with Crippen LogP contribution in [0, 0.1) is 0 Å². The van der Waals surface area contributed by atoms with Gasteiger partial charge in [-0.05, 0) is 25.3 Å². The highest BCUT2D eigenvalue weighted by Crippen LogP contribution is 2.08. The summed E-state index contributed by atoms with van der Waals surface area (Å²) in [6, 6.07) is 3.55. The lowest BCUT2D eigenvalue weighted by Crippen LogP contribution is -2.40. The largest absolute Gasteiger partial charge is 0.389 e. The molecule has 0 aliphatic heterocycles. The first-order valence-electron chi connectivity index (χ1n) is 6.07. The predicted molar refractivity (Wildman–Crippen MR) is 75.2 cm³/mol. The van der Waals surface area contributed by atoms with E-state index in [9.17, 15) is 14.7 Å². The van der Waals surface area contributed by atoms with Crippen LogP contribution in [0.4, 0.5) is 0 Å². The number of likely N-dealkylation sites (N-methyl/N-ethyl adjacent to an activating group) is 1. The van der Waals surface area contributed by atoms with Crippen molar-refractivity contribution in [3.63, 3.8) is 0 Å². The molecule has 0 aromatic carbocycles. The smallest absolute Gasteiger partial charge is 0.261 e. The van der Waals surface area contributed by atoms with Crippen LogP contribution in [0.25, 0.3) is 0 Å². The summed E-state index contributed by atoms with van der Waals surface area (Å²) in [7, 11) is 1.64. The molecule has 1 heterocycles. The van der Waals surface area contributed by atoms with E-state index in [4.69, 9.17) is 0 Å². The molecule has 0 radical (unpaired) electrons. The molecule has 0 saturated heterocycles. The van der Waals surface area contributed by atoms with E-state index in [0.717, 1.165) is 0 Å². The molecule has 0 saturated carbocycles. The average molecular weight is 284 g/mol. The summed E-state index contributed by atoms with van der Waals surface area (Å²) in [4.78, 5) is 25.5. The molecule has 0 fully saturated rings. The fourth-order valence-corrected chi connectivity index (χ4v) is 2.28. The number of rotatable bonds is 6. The first-order valence-corrected chi connectivity index (χ1v) is 6.95. The predicted octanol–water partition coefficient (Wildman–Crippen LogP) is 1.10. The summed E-state index contributed by atoms with van der Waals surface area (Å²) in [5.74, 6) is -0.262. The van der Waals surface area contributed by atoms with Crippen molar-refractivity contribution >= 4 is 23.2 Å². The molecule has 0 atom stereocenters. The molecule has 0 aliphatic rings. The van der Waals surface area contributed by atoms with Crippen molar-refractivity contribution in [1.82, 2.24) is 10.2 Å². The zero-order chi connectivity index (χ0) is 14.5. The third-order valence-corrected chi connectivity index (χ3v) is 3.29. The van der Waals surface area contributed by atoms with Crippen LogP contribution in [0.3, 0.4) is 0 Å². The quantitative estimate of drug-likeness (QED) is 0.822. The number of hydrogen-bond donors (Lipinski definition) is 2. The highest BCUT2D eigenvalue weighted by molar-refractivity contribution is 7.12. The van der Waals surface area contributed by atoms with E-state index in [-0.39, 0.29) is 24.8 Å². The number of nitrogens with zero attached hydrogens (tertiary/aromatic N) is 1. The molecule has 0 aliphatic carbocycles. The maximum absolute atomic E-state index is 11.8. The van der Waals surface area contributed by atoms with E-state index in [1.807, 2.05) is 11.4 Å². The van der Waals surface area contributed by atoms with E-state index < -0.39 is 5.60 Å². The van der Waals surface area contributed by atoms with Gasteiger partial charge in [-0.1, -0.05) is 6.07 Å². The van der Waals surface area contributed by atoms with Crippen molar-refractivity contribution in [2.24, 2.45) is 0 Å². The molecule has 0 unspecified atom stereocenters. The number of hydrogen-bond acceptors (Lipinski definition) is 4. The molecular formula is C13H20N2O3S. The van der Waals surface area contributed by atoms with Gasteiger partial charge in [0.15, 0.2) is 0 Å². The van der Waals surface area contributed by atoms with Crippen molar-refractivity contribution in [2.45, 2.75) is 25.9 Å². The minimum Gasteiger partial charge on any atom is -0.389 e. The second kappa shape index (κ2) is 6.68. The molecule has 0 spiro atoms. The van der Waals surface area contributed by atoms with Gasteiger partial charge in [0.05, 0.1) is 10.5 Å². The van der Waals surface area contributed by atoms with Crippen molar-refractivity contribution in [3.8, 4) is 0 Å². The lowest BCUT2D eigenvalue weighted by molar-refractivity contribution is -0.132. The van der Waals surface area contributed by atoms with Crippen molar-refractivity contribution in [2.75, 3.05) is 20.1 Å². The number of thiophene rings is 1.